The van der Waals surface area contributed by atoms with Crippen LogP contribution in [0.15, 0.2) is 59.1 Å². The summed E-state index contributed by atoms with van der Waals surface area (Å²) >= 11 is 0. The average molecular weight is 338 g/mol. The number of benzene rings is 2. The molecule has 0 atom stereocenters. The van der Waals surface area contributed by atoms with Gasteiger partial charge in [0.05, 0.1) is 25.2 Å². The third-order valence-electron chi connectivity index (χ3n) is 3.27. The largest absolute Gasteiger partial charge is 0.410 e. The summed E-state index contributed by atoms with van der Waals surface area (Å²) in [6, 6.07) is 16.6. The van der Waals surface area contributed by atoms with Crippen LogP contribution in [0.1, 0.15) is 11.5 Å². The van der Waals surface area contributed by atoms with Crippen molar-refractivity contribution in [1.82, 2.24) is 10.1 Å². The molecule has 3 rings (SSSR count). The quantitative estimate of drug-likeness (QED) is 0.665. The van der Waals surface area contributed by atoms with Crippen molar-refractivity contribution in [3.8, 4) is 17.1 Å². The topological polar surface area (TPSA) is 100 Å². The summed E-state index contributed by atoms with van der Waals surface area (Å²) in [4.78, 5) is 15.2. The Labute approximate surface area is 144 Å². The number of hydrogen-bond donors (Lipinski definition) is 1. The fourth-order valence-electron chi connectivity index (χ4n) is 2.16. The van der Waals surface area contributed by atoms with Crippen LogP contribution in [-0.4, -0.2) is 22.8 Å². The molecule has 1 heterocycles. The van der Waals surface area contributed by atoms with Crippen LogP contribution in [0.4, 0.5) is 4.79 Å². The SMILES string of the molecule is NC(=O)Oc1ccccc1-c1noc([CH]COCc2ccccc2)n1. The van der Waals surface area contributed by atoms with Gasteiger partial charge in [-0.15, -0.1) is 0 Å². The number of para-hydroxylation sites is 1. The first kappa shape index (κ1) is 16.7. The maximum Gasteiger partial charge on any atom is 0.409 e. The Bertz CT molecular complexity index is 833. The number of aromatic nitrogens is 2. The standard InChI is InChI=1S/C18H16N3O4/c19-18(22)24-15-9-5-4-8-14(15)17-20-16(25-21-17)10-11-23-12-13-6-2-1-3-7-13/h1-10H,11-12H2,(H2,19,22). The molecule has 7 heteroatoms. The van der Waals surface area contributed by atoms with Gasteiger partial charge in [0.1, 0.15) is 5.75 Å². The number of nitrogens with zero attached hydrogens (tertiary/aromatic N) is 2. The van der Waals surface area contributed by atoms with Crippen molar-refractivity contribution < 1.29 is 18.8 Å². The number of hydrogen-bond acceptors (Lipinski definition) is 6. The van der Waals surface area contributed by atoms with E-state index in [0.717, 1.165) is 5.56 Å². The molecule has 2 aromatic carbocycles. The lowest BCUT2D eigenvalue weighted by atomic mass is 10.2. The molecule has 2 N–H and O–H groups in total. The molecule has 25 heavy (non-hydrogen) atoms. The molecule has 0 bridgehead atoms. The van der Waals surface area contributed by atoms with Gasteiger partial charge in [-0.2, -0.15) is 4.98 Å². The summed E-state index contributed by atoms with van der Waals surface area (Å²) in [5.41, 5.74) is 6.65. The van der Waals surface area contributed by atoms with E-state index in [9.17, 15) is 4.79 Å². The number of amides is 1. The molecule has 0 spiro atoms. The third kappa shape index (κ3) is 4.65. The minimum atomic E-state index is -0.906. The minimum Gasteiger partial charge on any atom is -0.410 e. The van der Waals surface area contributed by atoms with Crippen molar-refractivity contribution >= 4 is 6.09 Å². The zero-order valence-corrected chi connectivity index (χ0v) is 13.3. The van der Waals surface area contributed by atoms with E-state index in [0.29, 0.717) is 30.5 Å². The summed E-state index contributed by atoms with van der Waals surface area (Å²) in [6.07, 6.45) is 0.772. The van der Waals surface area contributed by atoms with E-state index in [4.69, 9.17) is 19.7 Å². The van der Waals surface area contributed by atoms with E-state index in [1.807, 2.05) is 30.3 Å². The fourth-order valence-corrected chi connectivity index (χ4v) is 2.16. The molecule has 7 nitrogen and oxygen atoms in total. The fraction of sp³-hybridized carbons (Fsp3) is 0.111. The normalized spacial score (nSPS) is 10.6. The molecule has 127 valence electrons. The number of rotatable bonds is 7. The second-order valence-electron chi connectivity index (χ2n) is 5.08. The van der Waals surface area contributed by atoms with E-state index < -0.39 is 6.09 Å². The molecule has 3 aromatic rings. The second kappa shape index (κ2) is 8.07. The summed E-state index contributed by atoms with van der Waals surface area (Å²) in [7, 11) is 0. The van der Waals surface area contributed by atoms with Crippen LogP contribution < -0.4 is 10.5 Å². The first-order valence-corrected chi connectivity index (χ1v) is 7.57. The Morgan fingerprint density at radius 2 is 1.88 bits per heavy atom. The summed E-state index contributed by atoms with van der Waals surface area (Å²) in [5.74, 6) is 0.880. The van der Waals surface area contributed by atoms with Gasteiger partial charge in [-0.25, -0.2) is 4.79 Å². The average Bonchev–Trinajstić information content (AvgIpc) is 3.08. The number of carbonyl (C=O) groups excluding carboxylic acids is 1. The smallest absolute Gasteiger partial charge is 0.409 e. The van der Waals surface area contributed by atoms with Crippen LogP contribution in [0.2, 0.25) is 0 Å². The Balaban J connectivity index is 1.58. The Hall–Kier alpha value is -3.19. The summed E-state index contributed by atoms with van der Waals surface area (Å²) in [6.45, 7) is 0.823. The molecular weight excluding hydrogens is 322 g/mol. The molecular formula is C18H16N3O4. The van der Waals surface area contributed by atoms with Gasteiger partial charge in [-0.3, -0.25) is 0 Å². The third-order valence-corrected chi connectivity index (χ3v) is 3.27. The van der Waals surface area contributed by atoms with E-state index in [-0.39, 0.29) is 5.75 Å². The van der Waals surface area contributed by atoms with Crippen molar-refractivity contribution in [2.24, 2.45) is 5.73 Å². The number of carbonyl (C=O) groups is 1. The molecule has 0 aliphatic heterocycles. The number of nitrogens with two attached hydrogens (primary N) is 1. The van der Waals surface area contributed by atoms with Gasteiger partial charge in [-0.05, 0) is 17.7 Å². The van der Waals surface area contributed by atoms with Gasteiger partial charge in [-0.1, -0.05) is 47.6 Å². The highest BCUT2D eigenvalue weighted by Crippen LogP contribution is 2.27. The van der Waals surface area contributed by atoms with Crippen molar-refractivity contribution in [2.75, 3.05) is 6.61 Å². The Morgan fingerprint density at radius 1 is 1.12 bits per heavy atom. The monoisotopic (exact) mass is 338 g/mol. The molecule has 0 aliphatic rings. The summed E-state index contributed by atoms with van der Waals surface area (Å²) in [5, 5.41) is 3.89. The lowest BCUT2D eigenvalue weighted by Gasteiger charge is -2.04. The molecule has 0 saturated heterocycles. The molecule has 0 aliphatic carbocycles. The minimum absolute atomic E-state index is 0.266. The van der Waals surface area contributed by atoms with Gasteiger partial charge in [0.25, 0.3) is 0 Å². The van der Waals surface area contributed by atoms with Crippen molar-refractivity contribution in [3.63, 3.8) is 0 Å². The Kier molecular flexibility index (Phi) is 5.38. The van der Waals surface area contributed by atoms with Crippen LogP contribution in [0.5, 0.6) is 5.75 Å². The highest BCUT2D eigenvalue weighted by atomic mass is 16.5. The molecule has 1 amide bonds. The van der Waals surface area contributed by atoms with Gasteiger partial charge in [0.15, 0.2) is 0 Å². The number of primary amides is 1. The number of ether oxygens (including phenoxy) is 2. The predicted octanol–water partition coefficient (Wildman–Crippen LogP) is 2.96. The molecule has 1 aromatic heterocycles. The van der Waals surface area contributed by atoms with E-state index in [1.54, 1.807) is 30.7 Å². The predicted molar refractivity (Wildman–Crippen MR) is 89.4 cm³/mol. The van der Waals surface area contributed by atoms with Gasteiger partial charge in [0, 0.05) is 0 Å². The zero-order chi connectivity index (χ0) is 17.5. The van der Waals surface area contributed by atoms with Crippen LogP contribution in [0, 0.1) is 6.42 Å². The Morgan fingerprint density at radius 3 is 2.68 bits per heavy atom. The van der Waals surface area contributed by atoms with E-state index >= 15 is 0 Å². The van der Waals surface area contributed by atoms with Crippen LogP contribution >= 0.6 is 0 Å². The second-order valence-corrected chi connectivity index (χ2v) is 5.08. The molecule has 0 unspecified atom stereocenters. The maximum absolute atomic E-state index is 11.0. The van der Waals surface area contributed by atoms with Crippen LogP contribution in [-0.2, 0) is 11.3 Å². The van der Waals surface area contributed by atoms with Crippen molar-refractivity contribution in [3.05, 3.63) is 72.5 Å². The van der Waals surface area contributed by atoms with Crippen LogP contribution in [0.25, 0.3) is 11.4 Å². The maximum atomic E-state index is 11.0. The van der Waals surface area contributed by atoms with E-state index in [1.165, 1.54) is 0 Å². The van der Waals surface area contributed by atoms with Crippen molar-refractivity contribution in [2.45, 2.75) is 6.61 Å². The highest BCUT2D eigenvalue weighted by molar-refractivity contribution is 5.73. The van der Waals surface area contributed by atoms with Crippen molar-refractivity contribution in [1.29, 1.82) is 0 Å². The van der Waals surface area contributed by atoms with Gasteiger partial charge >= 0.3 is 6.09 Å². The first-order chi connectivity index (χ1) is 12.2. The molecule has 0 fully saturated rings. The molecule has 0 saturated carbocycles. The van der Waals surface area contributed by atoms with E-state index in [2.05, 4.69) is 10.1 Å². The summed E-state index contributed by atoms with van der Waals surface area (Å²) < 4.78 is 15.6. The van der Waals surface area contributed by atoms with Gasteiger partial charge in [0.2, 0.25) is 11.7 Å². The van der Waals surface area contributed by atoms with Crippen LogP contribution in [0.3, 0.4) is 0 Å². The lowest BCUT2D eigenvalue weighted by Crippen LogP contribution is -2.16. The highest BCUT2D eigenvalue weighted by Gasteiger charge is 2.14. The van der Waals surface area contributed by atoms with Gasteiger partial charge < -0.3 is 19.7 Å². The lowest BCUT2D eigenvalue weighted by molar-refractivity contribution is 0.139. The first-order valence-electron chi connectivity index (χ1n) is 7.57. The molecule has 1 radical (unpaired) electrons. The zero-order valence-electron chi connectivity index (χ0n) is 13.3.